The maximum atomic E-state index is 11.2. The summed E-state index contributed by atoms with van der Waals surface area (Å²) in [4.78, 5) is 11.2. The summed E-state index contributed by atoms with van der Waals surface area (Å²) in [6, 6.07) is 9.53. The minimum absolute atomic E-state index is 0.648. The zero-order valence-corrected chi connectivity index (χ0v) is 11.1. The molecule has 1 aliphatic rings. The molecule has 0 spiro atoms. The van der Waals surface area contributed by atoms with E-state index in [9.17, 15) is 9.90 Å². The molecule has 1 N–H and O–H groups in total. The lowest BCUT2D eigenvalue weighted by atomic mass is 10.0. The molecule has 0 bridgehead atoms. The first-order valence-electron chi connectivity index (χ1n) is 5.67. The third-order valence-electron chi connectivity index (χ3n) is 3.31. The lowest BCUT2D eigenvalue weighted by Crippen LogP contribution is -2.20. The molecule has 1 aliphatic carbocycles. The second kappa shape index (κ2) is 3.95. The molecule has 1 aromatic heterocycles. The third-order valence-corrected chi connectivity index (χ3v) is 3.80. The zero-order valence-electron chi connectivity index (χ0n) is 9.51. The minimum Gasteiger partial charge on any atom is -0.481 e. The summed E-state index contributed by atoms with van der Waals surface area (Å²) in [6.45, 7) is 0. The topological polar surface area (TPSA) is 55.1 Å². The smallest absolute Gasteiger partial charge is 0.315 e. The van der Waals surface area contributed by atoms with Gasteiger partial charge in [-0.2, -0.15) is 5.10 Å². The van der Waals surface area contributed by atoms with Gasteiger partial charge in [0, 0.05) is 10.7 Å². The number of carboxylic acids is 1. The first-order valence-corrected chi connectivity index (χ1v) is 6.47. The summed E-state index contributed by atoms with van der Waals surface area (Å²) in [5.41, 5.74) is 0.823. The summed E-state index contributed by atoms with van der Waals surface area (Å²) in [6.07, 6.45) is 3.16. The SMILES string of the molecule is O=C(O)C1(c2ccn(-c3cccc(Br)c3)n2)CC1. The Hall–Kier alpha value is -1.62. The molecule has 0 atom stereocenters. The highest BCUT2D eigenvalue weighted by Crippen LogP contribution is 2.47. The Kier molecular flexibility index (Phi) is 2.52. The quantitative estimate of drug-likeness (QED) is 0.948. The van der Waals surface area contributed by atoms with Crippen molar-refractivity contribution in [1.29, 1.82) is 0 Å². The Balaban J connectivity index is 1.98. The van der Waals surface area contributed by atoms with Crippen molar-refractivity contribution in [2.75, 3.05) is 0 Å². The van der Waals surface area contributed by atoms with E-state index in [1.807, 2.05) is 24.3 Å². The van der Waals surface area contributed by atoms with E-state index in [-0.39, 0.29) is 0 Å². The molecule has 0 saturated heterocycles. The van der Waals surface area contributed by atoms with Crippen LogP contribution in [0.3, 0.4) is 0 Å². The summed E-state index contributed by atoms with van der Waals surface area (Å²) >= 11 is 3.41. The normalized spacial score (nSPS) is 16.5. The Labute approximate surface area is 112 Å². The van der Waals surface area contributed by atoms with Gasteiger partial charge >= 0.3 is 5.97 Å². The van der Waals surface area contributed by atoms with Gasteiger partial charge in [0.15, 0.2) is 0 Å². The molecule has 2 aromatic rings. The van der Waals surface area contributed by atoms with Crippen LogP contribution in [0.4, 0.5) is 0 Å². The number of nitrogens with zero attached hydrogens (tertiary/aromatic N) is 2. The van der Waals surface area contributed by atoms with Crippen LogP contribution in [0, 0.1) is 0 Å². The highest BCUT2D eigenvalue weighted by Gasteiger charge is 2.53. The van der Waals surface area contributed by atoms with Crippen LogP contribution in [0.5, 0.6) is 0 Å². The fourth-order valence-electron chi connectivity index (χ4n) is 2.05. The number of carboxylic acid groups (broad SMARTS) is 1. The van der Waals surface area contributed by atoms with Gasteiger partial charge in [-0.05, 0) is 37.1 Å². The van der Waals surface area contributed by atoms with Crippen LogP contribution in [0.15, 0.2) is 41.0 Å². The van der Waals surface area contributed by atoms with Gasteiger partial charge in [-0.1, -0.05) is 22.0 Å². The molecule has 3 rings (SSSR count). The molecule has 0 unspecified atom stereocenters. The maximum absolute atomic E-state index is 11.2. The van der Waals surface area contributed by atoms with E-state index in [0.29, 0.717) is 18.5 Å². The average Bonchev–Trinajstić information content (AvgIpc) is 3.01. The van der Waals surface area contributed by atoms with E-state index in [2.05, 4.69) is 21.0 Å². The lowest BCUT2D eigenvalue weighted by molar-refractivity contribution is -0.140. The van der Waals surface area contributed by atoms with Crippen molar-refractivity contribution >= 4 is 21.9 Å². The van der Waals surface area contributed by atoms with E-state index < -0.39 is 11.4 Å². The Morgan fingerprint density at radius 2 is 2.17 bits per heavy atom. The van der Waals surface area contributed by atoms with E-state index in [0.717, 1.165) is 10.2 Å². The van der Waals surface area contributed by atoms with Crippen LogP contribution in [-0.2, 0) is 10.2 Å². The number of halogens is 1. The highest BCUT2D eigenvalue weighted by molar-refractivity contribution is 9.10. The third kappa shape index (κ3) is 1.75. The van der Waals surface area contributed by atoms with E-state index in [1.54, 1.807) is 16.9 Å². The molecule has 0 aliphatic heterocycles. The molecule has 4 nitrogen and oxygen atoms in total. The van der Waals surface area contributed by atoms with Gasteiger partial charge in [-0.3, -0.25) is 4.79 Å². The molecule has 18 heavy (non-hydrogen) atoms. The van der Waals surface area contributed by atoms with Gasteiger partial charge < -0.3 is 5.11 Å². The van der Waals surface area contributed by atoms with Crippen molar-refractivity contribution in [2.45, 2.75) is 18.3 Å². The summed E-state index contributed by atoms with van der Waals surface area (Å²) in [5.74, 6) is -0.776. The largest absolute Gasteiger partial charge is 0.481 e. The number of rotatable bonds is 3. The highest BCUT2D eigenvalue weighted by atomic mass is 79.9. The number of hydrogen-bond donors (Lipinski definition) is 1. The molecule has 92 valence electrons. The van der Waals surface area contributed by atoms with E-state index in [4.69, 9.17) is 0 Å². The van der Waals surface area contributed by atoms with Gasteiger partial charge in [0.2, 0.25) is 0 Å². The second-order valence-corrected chi connectivity index (χ2v) is 5.43. The van der Waals surface area contributed by atoms with E-state index in [1.165, 1.54) is 0 Å². The fraction of sp³-hybridized carbons (Fsp3) is 0.231. The standard InChI is InChI=1S/C13H11BrN2O2/c14-9-2-1-3-10(8-9)16-7-4-11(15-16)13(5-6-13)12(17)18/h1-4,7-8H,5-6H2,(H,17,18). The van der Waals surface area contributed by atoms with Gasteiger partial charge in [-0.25, -0.2) is 4.68 Å². The minimum atomic E-state index is -0.776. The molecule has 1 aromatic carbocycles. The molecule has 0 amide bonds. The number of benzene rings is 1. The summed E-state index contributed by atoms with van der Waals surface area (Å²) in [7, 11) is 0. The van der Waals surface area contributed by atoms with Crippen LogP contribution < -0.4 is 0 Å². The van der Waals surface area contributed by atoms with Crippen LogP contribution in [-0.4, -0.2) is 20.9 Å². The van der Waals surface area contributed by atoms with Crippen molar-refractivity contribution in [3.63, 3.8) is 0 Å². The zero-order chi connectivity index (χ0) is 12.8. The molecule has 1 heterocycles. The molecular formula is C13H11BrN2O2. The predicted molar refractivity (Wildman–Crippen MR) is 69.8 cm³/mol. The first kappa shape index (κ1) is 11.5. The molecular weight excluding hydrogens is 296 g/mol. The predicted octanol–water partition coefficient (Wildman–Crippen LogP) is 2.75. The number of hydrogen-bond acceptors (Lipinski definition) is 2. The van der Waals surface area contributed by atoms with Gasteiger partial charge in [0.05, 0.1) is 11.4 Å². The molecule has 1 fully saturated rings. The first-order chi connectivity index (χ1) is 8.62. The van der Waals surface area contributed by atoms with Gasteiger partial charge in [0.1, 0.15) is 5.41 Å². The van der Waals surface area contributed by atoms with Crippen molar-refractivity contribution in [1.82, 2.24) is 9.78 Å². The molecule has 5 heteroatoms. The number of aliphatic carboxylic acids is 1. The Morgan fingerprint density at radius 1 is 1.39 bits per heavy atom. The Morgan fingerprint density at radius 3 is 2.78 bits per heavy atom. The summed E-state index contributed by atoms with van der Waals surface area (Å²) < 4.78 is 2.68. The van der Waals surface area contributed by atoms with Crippen LogP contribution in [0.25, 0.3) is 5.69 Å². The lowest BCUT2D eigenvalue weighted by Gasteiger charge is -2.05. The second-order valence-electron chi connectivity index (χ2n) is 4.51. The molecule has 1 saturated carbocycles. The maximum Gasteiger partial charge on any atom is 0.315 e. The number of aromatic nitrogens is 2. The fourth-order valence-corrected chi connectivity index (χ4v) is 2.43. The summed E-state index contributed by atoms with van der Waals surface area (Å²) in [5, 5.41) is 13.6. The van der Waals surface area contributed by atoms with Crippen LogP contribution >= 0.6 is 15.9 Å². The average molecular weight is 307 g/mol. The monoisotopic (exact) mass is 306 g/mol. The van der Waals surface area contributed by atoms with Crippen LogP contribution in [0.2, 0.25) is 0 Å². The van der Waals surface area contributed by atoms with Crippen molar-refractivity contribution < 1.29 is 9.90 Å². The van der Waals surface area contributed by atoms with Crippen molar-refractivity contribution in [3.05, 3.63) is 46.7 Å². The van der Waals surface area contributed by atoms with Gasteiger partial charge in [0.25, 0.3) is 0 Å². The van der Waals surface area contributed by atoms with Gasteiger partial charge in [-0.15, -0.1) is 0 Å². The van der Waals surface area contributed by atoms with Crippen LogP contribution in [0.1, 0.15) is 18.5 Å². The Bertz CT molecular complexity index is 617. The molecule has 0 radical (unpaired) electrons. The van der Waals surface area contributed by atoms with Crippen molar-refractivity contribution in [3.8, 4) is 5.69 Å². The van der Waals surface area contributed by atoms with Crippen molar-refractivity contribution in [2.24, 2.45) is 0 Å². The van der Waals surface area contributed by atoms with E-state index >= 15 is 0 Å². The number of carbonyl (C=O) groups is 1.